The molecule has 5 nitrogen and oxygen atoms in total. The van der Waals surface area contributed by atoms with Gasteiger partial charge in [-0.05, 0) is 76.4 Å². The fourth-order valence-electron chi connectivity index (χ4n) is 5.18. The Morgan fingerprint density at radius 2 is 2.00 bits per heavy atom. The molecule has 7 heteroatoms. The normalized spacial score (nSPS) is 22.4. The van der Waals surface area contributed by atoms with Gasteiger partial charge in [0.1, 0.15) is 0 Å². The van der Waals surface area contributed by atoms with E-state index in [9.17, 15) is 13.6 Å². The van der Waals surface area contributed by atoms with E-state index in [1.54, 1.807) is 11.1 Å². The third-order valence-corrected chi connectivity index (χ3v) is 6.92. The molecule has 2 aliphatic rings. The van der Waals surface area contributed by atoms with Crippen molar-refractivity contribution in [3.8, 4) is 0 Å². The number of pyridine rings is 1. The molecule has 1 N–H and O–H groups in total. The summed E-state index contributed by atoms with van der Waals surface area (Å²) in [6, 6.07) is 7.52. The minimum Gasteiger partial charge on any atom is -0.363 e. The third-order valence-electron chi connectivity index (χ3n) is 6.92. The lowest BCUT2D eigenvalue weighted by molar-refractivity contribution is -0.124. The van der Waals surface area contributed by atoms with Crippen LogP contribution in [0.5, 0.6) is 0 Å². The zero-order valence-electron chi connectivity index (χ0n) is 19.3. The highest BCUT2D eigenvalue weighted by molar-refractivity contribution is 5.93. The van der Waals surface area contributed by atoms with E-state index in [1.165, 1.54) is 0 Å². The van der Waals surface area contributed by atoms with Gasteiger partial charge in [-0.25, -0.2) is 8.78 Å². The van der Waals surface area contributed by atoms with Crippen LogP contribution in [0.1, 0.15) is 45.1 Å². The van der Waals surface area contributed by atoms with Crippen LogP contribution in [0.15, 0.2) is 30.5 Å². The van der Waals surface area contributed by atoms with Crippen molar-refractivity contribution in [2.45, 2.75) is 64.5 Å². The van der Waals surface area contributed by atoms with E-state index < -0.39 is 12.0 Å². The summed E-state index contributed by atoms with van der Waals surface area (Å²) >= 11 is 0. The van der Waals surface area contributed by atoms with Crippen molar-refractivity contribution in [2.75, 3.05) is 31.1 Å². The molecule has 2 aliphatic heterocycles. The summed E-state index contributed by atoms with van der Waals surface area (Å²) in [5.74, 6) is -2.64. The molecule has 3 heterocycles. The van der Waals surface area contributed by atoms with Gasteiger partial charge in [-0.15, -0.1) is 0 Å². The van der Waals surface area contributed by atoms with Crippen LogP contribution in [0.2, 0.25) is 0 Å². The highest BCUT2D eigenvalue weighted by Gasteiger charge is 2.41. The molecule has 4 rings (SSSR count). The van der Waals surface area contributed by atoms with Gasteiger partial charge in [0.05, 0.1) is 18.1 Å². The molecule has 0 spiro atoms. The molecule has 0 bridgehead atoms. The second-order valence-electron chi connectivity index (χ2n) is 9.78. The minimum atomic E-state index is -2.86. The van der Waals surface area contributed by atoms with Crippen LogP contribution < -0.4 is 10.2 Å². The monoisotopic (exact) mass is 444 g/mol. The number of likely N-dealkylation sites (tertiary alicyclic amines) is 1. The Morgan fingerprint density at radius 3 is 2.72 bits per heavy atom. The highest BCUT2D eigenvalue weighted by atomic mass is 19.3. The van der Waals surface area contributed by atoms with Gasteiger partial charge < -0.3 is 15.1 Å². The first-order valence-electron chi connectivity index (χ1n) is 11.7. The molecule has 2 fully saturated rings. The molecule has 1 aromatic carbocycles. The van der Waals surface area contributed by atoms with E-state index in [0.29, 0.717) is 24.9 Å². The Bertz CT molecular complexity index is 956. The topological polar surface area (TPSA) is 48.5 Å². The van der Waals surface area contributed by atoms with Crippen molar-refractivity contribution in [3.63, 3.8) is 0 Å². The van der Waals surface area contributed by atoms with Gasteiger partial charge in [-0.2, -0.15) is 0 Å². The number of anilines is 1. The number of aryl methyl sites for hydroxylation is 1. The molecule has 32 heavy (non-hydrogen) atoms. The number of rotatable bonds is 5. The van der Waals surface area contributed by atoms with E-state index in [2.05, 4.69) is 29.0 Å². The second-order valence-corrected chi connectivity index (χ2v) is 9.78. The fraction of sp³-hybridized carbons (Fsp3) is 0.600. The van der Waals surface area contributed by atoms with Gasteiger partial charge in [0.15, 0.2) is 0 Å². The lowest BCUT2D eigenvalue weighted by Crippen LogP contribution is -2.55. The quantitative estimate of drug-likeness (QED) is 0.743. The van der Waals surface area contributed by atoms with E-state index in [1.807, 2.05) is 31.2 Å². The first-order valence-corrected chi connectivity index (χ1v) is 11.7. The summed E-state index contributed by atoms with van der Waals surface area (Å²) in [5.41, 5.74) is 2.59. The van der Waals surface area contributed by atoms with Crippen LogP contribution >= 0.6 is 0 Å². The number of nitrogens with zero attached hydrogens (tertiary/aromatic N) is 3. The van der Waals surface area contributed by atoms with Crippen LogP contribution in [0.4, 0.5) is 14.5 Å². The van der Waals surface area contributed by atoms with Gasteiger partial charge >= 0.3 is 0 Å². The van der Waals surface area contributed by atoms with Crippen LogP contribution in [0, 0.1) is 12.8 Å². The van der Waals surface area contributed by atoms with Crippen molar-refractivity contribution >= 4 is 22.5 Å². The maximum Gasteiger partial charge on any atom is 0.267 e. The summed E-state index contributed by atoms with van der Waals surface area (Å²) < 4.78 is 29.4. The summed E-state index contributed by atoms with van der Waals surface area (Å²) in [6.45, 7) is 8.38. The number of hydrogen-bond acceptors (Lipinski definition) is 4. The van der Waals surface area contributed by atoms with Crippen molar-refractivity contribution in [1.29, 1.82) is 0 Å². The number of carbonyl (C=O) groups is 1. The number of piperidine rings is 2. The highest BCUT2D eigenvalue weighted by Crippen LogP contribution is 2.34. The van der Waals surface area contributed by atoms with Crippen LogP contribution in [-0.2, 0) is 4.79 Å². The number of fused-ring (bicyclic) bond motifs is 1. The fourth-order valence-corrected chi connectivity index (χ4v) is 5.18. The Kier molecular flexibility index (Phi) is 6.65. The van der Waals surface area contributed by atoms with E-state index in [4.69, 9.17) is 0 Å². The second kappa shape index (κ2) is 9.30. The third kappa shape index (κ3) is 5.20. The van der Waals surface area contributed by atoms with Gasteiger partial charge in [-0.3, -0.25) is 9.78 Å². The summed E-state index contributed by atoms with van der Waals surface area (Å²) in [7, 11) is 0. The first-order chi connectivity index (χ1) is 15.2. The number of carbonyl (C=O) groups excluding carboxylic acids is 1. The Labute approximate surface area is 189 Å². The summed E-state index contributed by atoms with van der Waals surface area (Å²) in [4.78, 5) is 21.3. The SMILES string of the molecule is Cc1ccc(N2C[C@H](NC(=O)CC3CCN(C(C)C)CC3)CC(F)(F)C2)c2cccnc12. The molecule has 1 amide bonds. The van der Waals surface area contributed by atoms with Crippen molar-refractivity contribution in [1.82, 2.24) is 15.2 Å². The lowest BCUT2D eigenvalue weighted by atomic mass is 9.92. The summed E-state index contributed by atoms with van der Waals surface area (Å²) in [6.07, 6.45) is 3.80. The van der Waals surface area contributed by atoms with Crippen molar-refractivity contribution < 1.29 is 13.6 Å². The maximum absolute atomic E-state index is 14.7. The molecular weight excluding hydrogens is 410 g/mol. The number of nitrogens with one attached hydrogen (secondary N) is 1. The average molecular weight is 445 g/mol. The van der Waals surface area contributed by atoms with Gasteiger partial charge in [0.2, 0.25) is 5.91 Å². The number of amides is 1. The van der Waals surface area contributed by atoms with Gasteiger partial charge in [0, 0.05) is 42.7 Å². The Hall–Kier alpha value is -2.28. The molecular formula is C25H34F2N4O. The minimum absolute atomic E-state index is 0.105. The molecule has 0 radical (unpaired) electrons. The zero-order chi connectivity index (χ0) is 22.9. The number of benzene rings is 1. The molecule has 1 atom stereocenters. The van der Waals surface area contributed by atoms with Crippen molar-refractivity contribution in [3.05, 3.63) is 36.0 Å². The molecule has 2 aromatic rings. The largest absolute Gasteiger partial charge is 0.363 e. The lowest BCUT2D eigenvalue weighted by Gasteiger charge is -2.40. The Morgan fingerprint density at radius 1 is 1.25 bits per heavy atom. The molecule has 0 aliphatic carbocycles. The predicted octanol–water partition coefficient (Wildman–Crippen LogP) is 4.38. The smallest absolute Gasteiger partial charge is 0.267 e. The van der Waals surface area contributed by atoms with Crippen LogP contribution in [0.25, 0.3) is 10.9 Å². The van der Waals surface area contributed by atoms with Gasteiger partial charge in [-0.1, -0.05) is 6.07 Å². The predicted molar refractivity (Wildman–Crippen MR) is 124 cm³/mol. The van der Waals surface area contributed by atoms with E-state index in [0.717, 1.165) is 48.1 Å². The number of halogens is 2. The molecule has 0 saturated carbocycles. The molecule has 0 unspecified atom stereocenters. The average Bonchev–Trinajstić information content (AvgIpc) is 2.73. The van der Waals surface area contributed by atoms with Crippen LogP contribution in [0.3, 0.4) is 0 Å². The standard InChI is InChI=1S/C25H34F2N4O/c1-17(2)30-11-8-19(9-12-30)13-23(32)29-20-14-25(26,27)16-31(15-20)22-7-6-18(3)24-21(22)5-4-10-28-24/h4-7,10,17,19-20H,8-9,11-16H2,1-3H3,(H,29,32)/t20-/m1/s1. The number of aromatic nitrogens is 1. The summed E-state index contributed by atoms with van der Waals surface area (Å²) in [5, 5.41) is 3.79. The van der Waals surface area contributed by atoms with Crippen LogP contribution in [-0.4, -0.2) is 60.0 Å². The number of hydrogen-bond donors (Lipinski definition) is 1. The molecule has 174 valence electrons. The first kappa shape index (κ1) is 22.9. The Balaban J connectivity index is 1.42. The van der Waals surface area contributed by atoms with E-state index in [-0.39, 0.29) is 18.9 Å². The van der Waals surface area contributed by atoms with Gasteiger partial charge in [0.25, 0.3) is 5.92 Å². The molecule has 2 saturated heterocycles. The van der Waals surface area contributed by atoms with Crippen molar-refractivity contribution in [2.24, 2.45) is 5.92 Å². The molecule has 1 aromatic heterocycles. The maximum atomic E-state index is 14.7. The number of alkyl halides is 2. The van der Waals surface area contributed by atoms with E-state index >= 15 is 0 Å². The zero-order valence-corrected chi connectivity index (χ0v) is 19.3.